The quantitative estimate of drug-likeness (QED) is 0.622. The Bertz CT molecular complexity index is 1020. The molecule has 35 heavy (non-hydrogen) atoms. The number of carbonyl (C=O) groups is 2. The molecule has 2 aliphatic carbocycles. The predicted octanol–water partition coefficient (Wildman–Crippen LogP) is 4.84. The SMILES string of the molecule is C=C1CC[C@H](N2Cc3c(ccc(C[C@H]4CCCC[C@@H]4NC4CCC(F)(F)CC4)c3F)C2=O)C(=O)N1. The highest BCUT2D eigenvalue weighted by atomic mass is 19.3. The summed E-state index contributed by atoms with van der Waals surface area (Å²) in [6.07, 6.45) is 6.55. The first kappa shape index (κ1) is 24.3. The number of allylic oxidation sites excluding steroid dienone is 1. The van der Waals surface area contributed by atoms with Crippen molar-refractivity contribution in [1.29, 1.82) is 0 Å². The van der Waals surface area contributed by atoms with Crippen LogP contribution in [0.4, 0.5) is 13.2 Å². The molecule has 3 atom stereocenters. The van der Waals surface area contributed by atoms with Gasteiger partial charge >= 0.3 is 0 Å². The molecule has 3 fully saturated rings. The van der Waals surface area contributed by atoms with Gasteiger partial charge in [0.05, 0.1) is 6.54 Å². The van der Waals surface area contributed by atoms with Gasteiger partial charge in [-0.05, 0) is 62.5 Å². The minimum Gasteiger partial charge on any atom is -0.329 e. The molecular weight excluding hydrogens is 455 g/mol. The van der Waals surface area contributed by atoms with Crippen molar-refractivity contribution in [2.24, 2.45) is 5.92 Å². The lowest BCUT2D eigenvalue weighted by Gasteiger charge is -2.38. The maximum atomic E-state index is 15.7. The van der Waals surface area contributed by atoms with Crippen molar-refractivity contribution in [1.82, 2.24) is 15.5 Å². The zero-order valence-corrected chi connectivity index (χ0v) is 20.1. The van der Waals surface area contributed by atoms with E-state index in [0.717, 1.165) is 25.7 Å². The number of fused-ring (bicyclic) bond motifs is 1. The lowest BCUT2D eigenvalue weighted by Crippen LogP contribution is -2.49. The second kappa shape index (κ2) is 9.60. The van der Waals surface area contributed by atoms with Crippen LogP contribution in [0.5, 0.6) is 0 Å². The topological polar surface area (TPSA) is 61.4 Å². The number of hydrogen-bond acceptors (Lipinski definition) is 3. The Balaban J connectivity index is 1.28. The van der Waals surface area contributed by atoms with E-state index in [4.69, 9.17) is 0 Å². The van der Waals surface area contributed by atoms with Crippen LogP contribution in [0.2, 0.25) is 0 Å². The van der Waals surface area contributed by atoms with Crippen LogP contribution < -0.4 is 10.6 Å². The van der Waals surface area contributed by atoms with E-state index in [2.05, 4.69) is 17.2 Å². The number of benzene rings is 1. The Morgan fingerprint density at radius 1 is 1.09 bits per heavy atom. The van der Waals surface area contributed by atoms with Gasteiger partial charge in [0.2, 0.25) is 11.8 Å². The van der Waals surface area contributed by atoms with E-state index >= 15 is 4.39 Å². The molecule has 2 saturated carbocycles. The minimum absolute atomic E-state index is 0.0703. The molecule has 1 aromatic rings. The highest BCUT2D eigenvalue weighted by Crippen LogP contribution is 2.36. The zero-order valence-electron chi connectivity index (χ0n) is 20.1. The van der Waals surface area contributed by atoms with Crippen molar-refractivity contribution in [2.75, 3.05) is 0 Å². The van der Waals surface area contributed by atoms with Gasteiger partial charge in [0, 0.05) is 41.7 Å². The third kappa shape index (κ3) is 4.99. The van der Waals surface area contributed by atoms with Crippen LogP contribution in [0.25, 0.3) is 0 Å². The molecule has 0 unspecified atom stereocenters. The zero-order chi connectivity index (χ0) is 24.7. The second-order valence-corrected chi connectivity index (χ2v) is 10.8. The van der Waals surface area contributed by atoms with Gasteiger partial charge in [-0.25, -0.2) is 13.2 Å². The Hall–Kier alpha value is -2.35. The Labute approximate surface area is 204 Å². The summed E-state index contributed by atoms with van der Waals surface area (Å²) in [5.41, 5.74) is 1.94. The summed E-state index contributed by atoms with van der Waals surface area (Å²) >= 11 is 0. The largest absolute Gasteiger partial charge is 0.329 e. The Kier molecular flexibility index (Phi) is 6.68. The summed E-state index contributed by atoms with van der Waals surface area (Å²) in [5.74, 6) is -3.23. The van der Waals surface area contributed by atoms with Gasteiger partial charge in [0.1, 0.15) is 11.9 Å². The molecule has 0 aromatic heterocycles. The molecule has 2 N–H and O–H groups in total. The average molecular weight is 490 g/mol. The van der Waals surface area contributed by atoms with Gasteiger partial charge < -0.3 is 15.5 Å². The molecule has 1 saturated heterocycles. The lowest BCUT2D eigenvalue weighted by atomic mass is 9.79. The maximum absolute atomic E-state index is 15.7. The van der Waals surface area contributed by atoms with Crippen molar-refractivity contribution in [2.45, 2.75) is 101 Å². The van der Waals surface area contributed by atoms with Gasteiger partial charge in [0.15, 0.2) is 0 Å². The summed E-state index contributed by atoms with van der Waals surface area (Å²) in [6, 6.07) is 3.08. The van der Waals surface area contributed by atoms with Crippen LogP contribution in [0, 0.1) is 11.7 Å². The van der Waals surface area contributed by atoms with Crippen molar-refractivity contribution in [3.8, 4) is 0 Å². The molecule has 190 valence electrons. The highest BCUT2D eigenvalue weighted by molar-refractivity contribution is 6.01. The average Bonchev–Trinajstić information content (AvgIpc) is 3.15. The van der Waals surface area contributed by atoms with E-state index in [-0.39, 0.29) is 55.0 Å². The monoisotopic (exact) mass is 489 g/mol. The summed E-state index contributed by atoms with van der Waals surface area (Å²) < 4.78 is 42.8. The third-order valence-electron chi connectivity index (χ3n) is 8.40. The van der Waals surface area contributed by atoms with Crippen molar-refractivity contribution < 1.29 is 22.8 Å². The molecule has 5 rings (SSSR count). The number of nitrogens with one attached hydrogen (secondary N) is 2. The molecule has 1 aromatic carbocycles. The molecule has 2 amide bonds. The number of hydrogen-bond donors (Lipinski definition) is 2. The minimum atomic E-state index is -2.55. The van der Waals surface area contributed by atoms with E-state index in [0.29, 0.717) is 54.5 Å². The number of carbonyl (C=O) groups excluding carboxylic acids is 2. The van der Waals surface area contributed by atoms with Gasteiger partial charge in [0.25, 0.3) is 5.91 Å². The lowest BCUT2D eigenvalue weighted by molar-refractivity contribution is -0.126. The second-order valence-electron chi connectivity index (χ2n) is 10.8. The molecule has 0 radical (unpaired) electrons. The summed E-state index contributed by atoms with van der Waals surface area (Å²) in [5, 5.41) is 6.34. The van der Waals surface area contributed by atoms with Crippen LogP contribution in [-0.4, -0.2) is 40.8 Å². The van der Waals surface area contributed by atoms with E-state index in [1.165, 1.54) is 4.90 Å². The summed E-state index contributed by atoms with van der Waals surface area (Å²) in [4.78, 5) is 26.9. The first-order valence-electron chi connectivity index (χ1n) is 13.0. The number of alkyl halides is 2. The molecule has 2 aliphatic heterocycles. The van der Waals surface area contributed by atoms with E-state index in [1.54, 1.807) is 12.1 Å². The third-order valence-corrected chi connectivity index (χ3v) is 8.40. The smallest absolute Gasteiger partial charge is 0.255 e. The van der Waals surface area contributed by atoms with Gasteiger partial charge in [-0.1, -0.05) is 25.5 Å². The van der Waals surface area contributed by atoms with Gasteiger partial charge in [-0.3, -0.25) is 9.59 Å². The van der Waals surface area contributed by atoms with Crippen molar-refractivity contribution >= 4 is 11.8 Å². The van der Waals surface area contributed by atoms with E-state index < -0.39 is 12.0 Å². The first-order valence-corrected chi connectivity index (χ1v) is 13.0. The maximum Gasteiger partial charge on any atom is 0.255 e. The summed E-state index contributed by atoms with van der Waals surface area (Å²) in [6.45, 7) is 3.88. The van der Waals surface area contributed by atoms with Crippen LogP contribution in [0.1, 0.15) is 85.7 Å². The van der Waals surface area contributed by atoms with Crippen molar-refractivity contribution in [3.63, 3.8) is 0 Å². The van der Waals surface area contributed by atoms with Crippen LogP contribution >= 0.6 is 0 Å². The fraction of sp³-hybridized carbons (Fsp3) is 0.630. The van der Waals surface area contributed by atoms with Crippen molar-refractivity contribution in [3.05, 3.63) is 46.9 Å². The molecule has 5 nitrogen and oxygen atoms in total. The number of nitrogens with zero attached hydrogens (tertiary/aromatic N) is 1. The number of halogens is 3. The standard InChI is InChI=1S/C27H34F3N3O2/c1-16-6-9-23(25(34)31-16)33-15-21-20(26(33)35)8-7-18(24(21)28)14-17-4-2-3-5-22(17)32-19-10-12-27(29,30)13-11-19/h7-8,17,19,22-23,32H,1-6,9-15H2,(H,31,34)/t17-,22+,23+/m1/s1. The molecular formula is C27H34F3N3O2. The normalized spacial score (nSPS) is 29.3. The molecule has 2 heterocycles. The highest BCUT2D eigenvalue weighted by Gasteiger charge is 2.40. The summed E-state index contributed by atoms with van der Waals surface area (Å²) in [7, 11) is 0. The van der Waals surface area contributed by atoms with E-state index in [9.17, 15) is 18.4 Å². The number of rotatable bonds is 5. The van der Waals surface area contributed by atoms with Crippen LogP contribution in [0.15, 0.2) is 24.4 Å². The van der Waals surface area contributed by atoms with Gasteiger partial charge in [-0.15, -0.1) is 0 Å². The molecule has 0 spiro atoms. The fourth-order valence-electron chi connectivity index (χ4n) is 6.35. The Morgan fingerprint density at radius 3 is 2.57 bits per heavy atom. The fourth-order valence-corrected chi connectivity index (χ4v) is 6.35. The first-order chi connectivity index (χ1) is 16.7. The van der Waals surface area contributed by atoms with Crippen LogP contribution in [-0.2, 0) is 17.8 Å². The Morgan fingerprint density at radius 2 is 1.83 bits per heavy atom. The van der Waals surface area contributed by atoms with Crippen LogP contribution in [0.3, 0.4) is 0 Å². The predicted molar refractivity (Wildman–Crippen MR) is 126 cm³/mol. The molecule has 0 bridgehead atoms. The van der Waals surface area contributed by atoms with Gasteiger partial charge in [-0.2, -0.15) is 0 Å². The number of amides is 2. The number of piperidine rings is 1. The molecule has 4 aliphatic rings. The molecule has 8 heteroatoms. The van der Waals surface area contributed by atoms with E-state index in [1.807, 2.05) is 0 Å².